The maximum atomic E-state index is 11.7. The summed E-state index contributed by atoms with van der Waals surface area (Å²) in [5, 5.41) is 5.49. The molecule has 4 nitrogen and oxygen atoms in total. The van der Waals surface area contributed by atoms with Gasteiger partial charge in [0, 0.05) is 25.4 Å². The molecule has 2 atom stereocenters. The molecule has 15 heavy (non-hydrogen) atoms. The van der Waals surface area contributed by atoms with Gasteiger partial charge in [0.2, 0.25) is 11.8 Å². The Morgan fingerprint density at radius 3 is 3.00 bits per heavy atom. The average Bonchev–Trinajstić information content (AvgIpc) is 2.64. The highest BCUT2D eigenvalue weighted by molar-refractivity contribution is 5.89. The highest BCUT2D eigenvalue weighted by atomic mass is 16.2. The van der Waals surface area contributed by atoms with E-state index in [0.717, 1.165) is 6.42 Å². The summed E-state index contributed by atoms with van der Waals surface area (Å²) in [5.74, 6) is 2.16. The predicted molar refractivity (Wildman–Crippen MR) is 56.8 cm³/mol. The number of nitrogens with one attached hydrogen (secondary N) is 2. The van der Waals surface area contributed by atoms with E-state index in [1.54, 1.807) is 0 Å². The second-order valence-corrected chi connectivity index (χ2v) is 3.73. The zero-order valence-electron chi connectivity index (χ0n) is 8.88. The lowest BCUT2D eigenvalue weighted by Crippen LogP contribution is -2.39. The predicted octanol–water partition coefficient (Wildman–Crippen LogP) is 0.0406. The van der Waals surface area contributed by atoms with Crippen molar-refractivity contribution in [2.75, 3.05) is 6.54 Å². The van der Waals surface area contributed by atoms with Gasteiger partial charge in [-0.3, -0.25) is 9.59 Å². The van der Waals surface area contributed by atoms with Gasteiger partial charge in [0.05, 0.1) is 5.92 Å². The summed E-state index contributed by atoms with van der Waals surface area (Å²) in [4.78, 5) is 22.6. The Kier molecular flexibility index (Phi) is 4.17. The van der Waals surface area contributed by atoms with Crippen LogP contribution in [0.25, 0.3) is 0 Å². The zero-order valence-corrected chi connectivity index (χ0v) is 8.88. The molecule has 0 saturated carbocycles. The Hall–Kier alpha value is -1.50. The van der Waals surface area contributed by atoms with Crippen LogP contribution in [-0.2, 0) is 9.59 Å². The quantitative estimate of drug-likeness (QED) is 0.641. The summed E-state index contributed by atoms with van der Waals surface area (Å²) in [6.45, 7) is 2.41. The molecule has 2 unspecified atom stereocenters. The molecule has 1 heterocycles. The van der Waals surface area contributed by atoms with Crippen molar-refractivity contribution >= 4 is 11.8 Å². The molecule has 0 aromatic carbocycles. The molecule has 1 aliphatic heterocycles. The maximum Gasteiger partial charge on any atom is 0.225 e. The molecule has 1 saturated heterocycles. The van der Waals surface area contributed by atoms with Gasteiger partial charge in [-0.2, -0.15) is 0 Å². The summed E-state index contributed by atoms with van der Waals surface area (Å²) >= 11 is 0. The molecular formula is C11H16N2O2. The van der Waals surface area contributed by atoms with Gasteiger partial charge in [-0.1, -0.05) is 6.92 Å². The lowest BCUT2D eigenvalue weighted by atomic mass is 10.1. The molecule has 1 rings (SSSR count). The number of hydrogen-bond acceptors (Lipinski definition) is 2. The van der Waals surface area contributed by atoms with E-state index in [2.05, 4.69) is 16.6 Å². The standard InChI is InChI=1S/C11H16N2O2/c1-3-5-9(4-2)13-11(15)8-6-10(14)12-7-8/h1,8-9H,4-7H2,2H3,(H,12,14)(H,13,15). The van der Waals surface area contributed by atoms with Gasteiger partial charge in [0.15, 0.2) is 0 Å². The number of carbonyl (C=O) groups is 2. The Morgan fingerprint density at radius 1 is 1.80 bits per heavy atom. The molecule has 0 bridgehead atoms. The zero-order chi connectivity index (χ0) is 11.3. The highest BCUT2D eigenvalue weighted by Crippen LogP contribution is 2.09. The molecule has 1 aliphatic rings. The third-order valence-corrected chi connectivity index (χ3v) is 2.55. The Bertz CT molecular complexity index is 293. The van der Waals surface area contributed by atoms with Crippen LogP contribution in [0.1, 0.15) is 26.2 Å². The summed E-state index contributed by atoms with van der Waals surface area (Å²) < 4.78 is 0. The van der Waals surface area contributed by atoms with E-state index in [0.29, 0.717) is 19.4 Å². The van der Waals surface area contributed by atoms with Crippen LogP contribution in [-0.4, -0.2) is 24.4 Å². The van der Waals surface area contributed by atoms with E-state index in [1.165, 1.54) is 0 Å². The van der Waals surface area contributed by atoms with Gasteiger partial charge in [-0.25, -0.2) is 0 Å². The van der Waals surface area contributed by atoms with Crippen molar-refractivity contribution in [1.29, 1.82) is 0 Å². The monoisotopic (exact) mass is 208 g/mol. The van der Waals surface area contributed by atoms with Crippen LogP contribution >= 0.6 is 0 Å². The van der Waals surface area contributed by atoms with Gasteiger partial charge in [0.1, 0.15) is 0 Å². The molecule has 0 spiro atoms. The fraction of sp³-hybridized carbons (Fsp3) is 0.636. The summed E-state index contributed by atoms with van der Waals surface area (Å²) in [5.41, 5.74) is 0. The molecule has 2 amide bonds. The first-order valence-electron chi connectivity index (χ1n) is 5.18. The van der Waals surface area contributed by atoms with Gasteiger partial charge in [-0.05, 0) is 6.42 Å². The van der Waals surface area contributed by atoms with Crippen molar-refractivity contribution in [3.05, 3.63) is 0 Å². The average molecular weight is 208 g/mol. The lowest BCUT2D eigenvalue weighted by molar-refractivity contribution is -0.127. The van der Waals surface area contributed by atoms with Crippen LogP contribution < -0.4 is 10.6 Å². The van der Waals surface area contributed by atoms with E-state index in [9.17, 15) is 9.59 Å². The molecule has 0 aromatic heterocycles. The van der Waals surface area contributed by atoms with E-state index < -0.39 is 0 Å². The van der Waals surface area contributed by atoms with Crippen molar-refractivity contribution in [2.45, 2.75) is 32.2 Å². The Labute approximate surface area is 89.8 Å². The van der Waals surface area contributed by atoms with E-state index in [-0.39, 0.29) is 23.8 Å². The Balaban J connectivity index is 2.41. The van der Waals surface area contributed by atoms with Crippen LogP contribution in [0.4, 0.5) is 0 Å². The first kappa shape index (κ1) is 11.6. The first-order valence-corrected chi connectivity index (χ1v) is 5.18. The SMILES string of the molecule is C#CCC(CC)NC(=O)C1CNC(=O)C1. The van der Waals surface area contributed by atoms with E-state index >= 15 is 0 Å². The molecule has 1 fully saturated rings. The first-order chi connectivity index (χ1) is 7.17. The molecule has 4 heteroatoms. The number of carbonyl (C=O) groups excluding carboxylic acids is 2. The lowest BCUT2D eigenvalue weighted by Gasteiger charge is -2.16. The summed E-state index contributed by atoms with van der Waals surface area (Å²) in [6, 6.07) is 0.0261. The van der Waals surface area contributed by atoms with Crippen LogP contribution in [0.5, 0.6) is 0 Å². The van der Waals surface area contributed by atoms with Crippen LogP contribution in [0, 0.1) is 18.3 Å². The smallest absolute Gasteiger partial charge is 0.225 e. The molecule has 0 aliphatic carbocycles. The van der Waals surface area contributed by atoms with Crippen molar-refractivity contribution in [1.82, 2.24) is 10.6 Å². The number of hydrogen-bond donors (Lipinski definition) is 2. The second kappa shape index (κ2) is 5.40. The fourth-order valence-corrected chi connectivity index (χ4v) is 1.55. The molecule has 0 aromatic rings. The third-order valence-electron chi connectivity index (χ3n) is 2.55. The minimum atomic E-state index is -0.232. The van der Waals surface area contributed by atoms with Gasteiger partial charge >= 0.3 is 0 Å². The van der Waals surface area contributed by atoms with Gasteiger partial charge in [0.25, 0.3) is 0 Å². The van der Waals surface area contributed by atoms with E-state index in [4.69, 9.17) is 6.42 Å². The van der Waals surface area contributed by atoms with Crippen LogP contribution in [0.15, 0.2) is 0 Å². The van der Waals surface area contributed by atoms with Crippen LogP contribution in [0.3, 0.4) is 0 Å². The number of amides is 2. The van der Waals surface area contributed by atoms with Gasteiger partial charge in [-0.15, -0.1) is 12.3 Å². The number of terminal acetylenes is 1. The molecule has 2 N–H and O–H groups in total. The Morgan fingerprint density at radius 2 is 2.53 bits per heavy atom. The van der Waals surface area contributed by atoms with Crippen molar-refractivity contribution in [2.24, 2.45) is 5.92 Å². The van der Waals surface area contributed by atoms with Crippen molar-refractivity contribution < 1.29 is 9.59 Å². The minimum absolute atomic E-state index is 0.0261. The summed E-state index contributed by atoms with van der Waals surface area (Å²) in [7, 11) is 0. The van der Waals surface area contributed by atoms with Gasteiger partial charge < -0.3 is 10.6 Å². The van der Waals surface area contributed by atoms with Crippen LogP contribution in [0.2, 0.25) is 0 Å². The van der Waals surface area contributed by atoms with Crippen molar-refractivity contribution in [3.8, 4) is 12.3 Å². The third kappa shape index (κ3) is 3.28. The largest absolute Gasteiger partial charge is 0.355 e. The second-order valence-electron chi connectivity index (χ2n) is 3.73. The summed E-state index contributed by atoms with van der Waals surface area (Å²) in [6.07, 6.45) is 6.83. The normalized spacial score (nSPS) is 21.6. The topological polar surface area (TPSA) is 58.2 Å². The fourth-order valence-electron chi connectivity index (χ4n) is 1.55. The molecule has 0 radical (unpaired) electrons. The molecular weight excluding hydrogens is 192 g/mol. The number of rotatable bonds is 4. The van der Waals surface area contributed by atoms with Crippen molar-refractivity contribution in [3.63, 3.8) is 0 Å². The minimum Gasteiger partial charge on any atom is -0.355 e. The van der Waals surface area contributed by atoms with E-state index in [1.807, 2.05) is 6.92 Å². The molecule has 82 valence electrons. The highest BCUT2D eigenvalue weighted by Gasteiger charge is 2.28. The maximum absolute atomic E-state index is 11.7.